The quantitative estimate of drug-likeness (QED) is 0.883. The lowest BCUT2D eigenvalue weighted by Gasteiger charge is -2.32. The van der Waals surface area contributed by atoms with Gasteiger partial charge in [0, 0.05) is 25.7 Å². The first-order valence-corrected chi connectivity index (χ1v) is 9.48. The summed E-state index contributed by atoms with van der Waals surface area (Å²) >= 11 is 0. The van der Waals surface area contributed by atoms with Gasteiger partial charge >= 0.3 is 0 Å². The molecule has 0 radical (unpaired) electrons. The number of hydrogen-bond acceptors (Lipinski definition) is 4. The summed E-state index contributed by atoms with van der Waals surface area (Å²) < 4.78 is 33.0. The average Bonchev–Trinajstić information content (AvgIpc) is 3.01. The minimum absolute atomic E-state index is 0.174. The van der Waals surface area contributed by atoms with Crippen LogP contribution in [-0.4, -0.2) is 52.2 Å². The van der Waals surface area contributed by atoms with Crippen molar-refractivity contribution in [3.63, 3.8) is 0 Å². The van der Waals surface area contributed by atoms with Crippen LogP contribution in [0, 0.1) is 0 Å². The first-order chi connectivity index (χ1) is 10.6. The molecule has 2 aliphatic rings. The smallest absolute Gasteiger partial charge is 0.240 e. The van der Waals surface area contributed by atoms with Gasteiger partial charge in [-0.1, -0.05) is 6.07 Å². The van der Waals surface area contributed by atoms with Gasteiger partial charge in [0.1, 0.15) is 0 Å². The Morgan fingerprint density at radius 2 is 1.95 bits per heavy atom. The third-order valence-electron chi connectivity index (χ3n) is 4.62. The molecule has 3 rings (SSSR count). The van der Waals surface area contributed by atoms with Gasteiger partial charge in [0.15, 0.2) is 0 Å². The molecule has 1 saturated heterocycles. The van der Waals surface area contributed by atoms with Crippen LogP contribution in [0.4, 0.5) is 0 Å². The van der Waals surface area contributed by atoms with Crippen LogP contribution in [0.1, 0.15) is 24.5 Å². The number of nitrogens with zero attached hydrogens (tertiary/aromatic N) is 1. The van der Waals surface area contributed by atoms with E-state index in [-0.39, 0.29) is 6.04 Å². The first-order valence-electron chi connectivity index (χ1n) is 7.99. The fraction of sp³-hybridized carbons (Fsp3) is 0.625. The Balaban J connectivity index is 1.63. The van der Waals surface area contributed by atoms with Gasteiger partial charge in [-0.2, -0.15) is 0 Å². The highest BCUT2D eigenvalue weighted by Crippen LogP contribution is 2.24. The van der Waals surface area contributed by atoms with E-state index in [1.165, 1.54) is 11.1 Å². The van der Waals surface area contributed by atoms with E-state index in [1.54, 1.807) is 6.07 Å². The summed E-state index contributed by atoms with van der Waals surface area (Å²) in [6, 6.07) is 5.70. The van der Waals surface area contributed by atoms with Gasteiger partial charge in [-0.25, -0.2) is 13.1 Å². The molecule has 1 aromatic carbocycles. The third-order valence-corrected chi connectivity index (χ3v) is 6.04. The van der Waals surface area contributed by atoms with E-state index < -0.39 is 10.0 Å². The molecule has 0 unspecified atom stereocenters. The van der Waals surface area contributed by atoms with E-state index in [1.807, 2.05) is 12.1 Å². The van der Waals surface area contributed by atoms with Crippen molar-refractivity contribution in [2.24, 2.45) is 0 Å². The molecule has 22 heavy (non-hydrogen) atoms. The molecule has 6 heteroatoms. The Morgan fingerprint density at radius 3 is 2.73 bits per heavy atom. The van der Waals surface area contributed by atoms with Gasteiger partial charge in [-0.3, -0.25) is 4.90 Å². The summed E-state index contributed by atoms with van der Waals surface area (Å²) in [5.74, 6) is 0. The van der Waals surface area contributed by atoms with Gasteiger partial charge in [0.25, 0.3) is 0 Å². The molecular weight excluding hydrogens is 300 g/mol. The molecule has 1 aliphatic heterocycles. The molecule has 0 amide bonds. The molecule has 5 nitrogen and oxygen atoms in total. The maximum atomic E-state index is 12.5. The van der Waals surface area contributed by atoms with Gasteiger partial charge in [0.2, 0.25) is 10.0 Å². The molecule has 122 valence electrons. The van der Waals surface area contributed by atoms with Crippen molar-refractivity contribution >= 4 is 10.0 Å². The zero-order valence-corrected chi connectivity index (χ0v) is 13.9. The first kappa shape index (κ1) is 15.9. The van der Waals surface area contributed by atoms with Crippen LogP contribution in [-0.2, 0) is 27.6 Å². The number of fused-ring (bicyclic) bond motifs is 1. The predicted octanol–water partition coefficient (Wildman–Crippen LogP) is 1.17. The molecule has 1 N–H and O–H groups in total. The minimum Gasteiger partial charge on any atom is -0.379 e. The molecule has 1 heterocycles. The van der Waals surface area contributed by atoms with Crippen LogP contribution in [0.3, 0.4) is 0 Å². The number of morpholine rings is 1. The molecule has 0 aromatic heterocycles. The number of rotatable bonds is 5. The van der Waals surface area contributed by atoms with Crippen LogP contribution in [0.2, 0.25) is 0 Å². The number of ether oxygens (including phenoxy) is 1. The van der Waals surface area contributed by atoms with E-state index in [9.17, 15) is 8.42 Å². The summed E-state index contributed by atoms with van der Waals surface area (Å²) in [6.45, 7) is 5.66. The van der Waals surface area contributed by atoms with Crippen LogP contribution in [0.15, 0.2) is 23.1 Å². The van der Waals surface area contributed by atoms with Gasteiger partial charge in [0.05, 0.1) is 18.1 Å². The van der Waals surface area contributed by atoms with Crippen molar-refractivity contribution in [2.45, 2.75) is 37.1 Å². The summed E-state index contributed by atoms with van der Waals surface area (Å²) in [5.41, 5.74) is 2.48. The van der Waals surface area contributed by atoms with Crippen molar-refractivity contribution in [1.82, 2.24) is 9.62 Å². The van der Waals surface area contributed by atoms with E-state index in [0.717, 1.165) is 45.6 Å². The number of hydrogen-bond donors (Lipinski definition) is 1. The number of sulfonamides is 1. The maximum absolute atomic E-state index is 12.5. The molecular formula is C16H24N2O3S. The Hall–Kier alpha value is -0.950. The molecule has 1 fully saturated rings. The van der Waals surface area contributed by atoms with E-state index >= 15 is 0 Å². The van der Waals surface area contributed by atoms with Crippen molar-refractivity contribution in [3.8, 4) is 0 Å². The topological polar surface area (TPSA) is 58.6 Å². The number of benzene rings is 1. The number of nitrogens with one attached hydrogen (secondary N) is 1. The zero-order chi connectivity index (χ0) is 15.6. The number of aryl methyl sites for hydroxylation is 2. The van der Waals surface area contributed by atoms with Crippen molar-refractivity contribution in [3.05, 3.63) is 29.3 Å². The van der Waals surface area contributed by atoms with Gasteiger partial charge in [-0.05, 0) is 49.4 Å². The fourth-order valence-electron chi connectivity index (χ4n) is 3.18. The van der Waals surface area contributed by atoms with E-state index in [2.05, 4.69) is 16.5 Å². The van der Waals surface area contributed by atoms with E-state index in [4.69, 9.17) is 4.74 Å². The zero-order valence-electron chi connectivity index (χ0n) is 13.0. The molecule has 1 aliphatic carbocycles. The monoisotopic (exact) mass is 324 g/mol. The summed E-state index contributed by atoms with van der Waals surface area (Å²) in [5, 5.41) is 0. The molecule has 0 bridgehead atoms. The Bertz CT molecular complexity index is 624. The molecule has 0 saturated carbocycles. The fourth-order valence-corrected chi connectivity index (χ4v) is 4.35. The van der Waals surface area contributed by atoms with Crippen LogP contribution < -0.4 is 4.72 Å². The highest BCUT2D eigenvalue weighted by molar-refractivity contribution is 7.89. The van der Waals surface area contributed by atoms with Crippen LogP contribution in [0.5, 0.6) is 0 Å². The van der Waals surface area contributed by atoms with Crippen LogP contribution in [0.25, 0.3) is 0 Å². The lowest BCUT2D eigenvalue weighted by atomic mass is 10.1. The van der Waals surface area contributed by atoms with Gasteiger partial charge < -0.3 is 4.74 Å². The molecule has 1 atom stereocenters. The highest BCUT2D eigenvalue weighted by Gasteiger charge is 2.21. The van der Waals surface area contributed by atoms with E-state index in [0.29, 0.717) is 11.4 Å². The second-order valence-electron chi connectivity index (χ2n) is 6.13. The Kier molecular flexibility index (Phi) is 4.82. The largest absolute Gasteiger partial charge is 0.379 e. The van der Waals surface area contributed by atoms with Crippen molar-refractivity contribution in [1.29, 1.82) is 0 Å². The van der Waals surface area contributed by atoms with Crippen LogP contribution >= 0.6 is 0 Å². The summed E-state index contributed by atoms with van der Waals surface area (Å²) in [7, 11) is -3.42. The maximum Gasteiger partial charge on any atom is 0.240 e. The SMILES string of the molecule is C[C@@H](CNS(=O)(=O)c1ccc2c(c1)CCC2)N1CCOCC1. The summed E-state index contributed by atoms with van der Waals surface area (Å²) in [6.07, 6.45) is 3.18. The third kappa shape index (κ3) is 3.51. The highest BCUT2D eigenvalue weighted by atomic mass is 32.2. The second-order valence-corrected chi connectivity index (χ2v) is 7.90. The van der Waals surface area contributed by atoms with Crippen molar-refractivity contribution in [2.75, 3.05) is 32.8 Å². The molecule has 1 aromatic rings. The Labute approximate surface area is 132 Å². The van der Waals surface area contributed by atoms with Gasteiger partial charge in [-0.15, -0.1) is 0 Å². The standard InChI is InChI=1S/C16H24N2O3S/c1-13(18-7-9-21-10-8-18)12-17-22(19,20)16-6-5-14-3-2-4-15(14)11-16/h5-6,11,13,17H,2-4,7-10,12H2,1H3/t13-/m0/s1. The normalized spacial score (nSPS) is 20.8. The van der Waals surface area contributed by atoms with Crippen molar-refractivity contribution < 1.29 is 13.2 Å². The second kappa shape index (κ2) is 6.66. The lowest BCUT2D eigenvalue weighted by molar-refractivity contribution is 0.0213. The molecule has 0 spiro atoms. The predicted molar refractivity (Wildman–Crippen MR) is 85.5 cm³/mol. The lowest BCUT2D eigenvalue weighted by Crippen LogP contribution is -2.47. The Morgan fingerprint density at radius 1 is 1.23 bits per heavy atom. The minimum atomic E-state index is -3.42. The summed E-state index contributed by atoms with van der Waals surface area (Å²) in [4.78, 5) is 2.65. The average molecular weight is 324 g/mol.